The van der Waals surface area contributed by atoms with Crippen LogP contribution in [0.2, 0.25) is 0 Å². The lowest BCUT2D eigenvalue weighted by molar-refractivity contribution is 0.0527. The van der Waals surface area contributed by atoms with E-state index >= 15 is 0 Å². The monoisotopic (exact) mass is 299 g/mol. The van der Waals surface area contributed by atoms with E-state index in [9.17, 15) is 4.79 Å². The van der Waals surface area contributed by atoms with Crippen LogP contribution >= 0.6 is 0 Å². The number of nitrogens with zero attached hydrogens (tertiary/aromatic N) is 1. The second-order valence-corrected chi connectivity index (χ2v) is 7.28. The Balaban J connectivity index is 2.10. The molecule has 1 aliphatic carbocycles. The van der Waals surface area contributed by atoms with Gasteiger partial charge in [-0.25, -0.2) is 4.79 Å². The summed E-state index contributed by atoms with van der Waals surface area (Å²) < 4.78 is 5.20. The van der Waals surface area contributed by atoms with Crippen LogP contribution in [0, 0.1) is 0 Å². The van der Waals surface area contributed by atoms with E-state index in [1.807, 2.05) is 20.8 Å². The maximum atomic E-state index is 11.5. The van der Waals surface area contributed by atoms with E-state index in [-0.39, 0.29) is 6.09 Å². The van der Waals surface area contributed by atoms with Crippen molar-refractivity contribution in [3.8, 4) is 0 Å². The fourth-order valence-electron chi connectivity index (χ4n) is 2.85. The summed E-state index contributed by atoms with van der Waals surface area (Å²) in [5, 5.41) is 6.33. The molecule has 124 valence electrons. The van der Waals surface area contributed by atoms with Gasteiger partial charge in [0.15, 0.2) is 0 Å². The molecule has 0 unspecified atom stereocenters. The Bertz CT molecular complexity index is 318. The van der Waals surface area contributed by atoms with Crippen LogP contribution in [0.15, 0.2) is 0 Å². The fourth-order valence-corrected chi connectivity index (χ4v) is 2.85. The predicted molar refractivity (Wildman–Crippen MR) is 86.6 cm³/mol. The maximum absolute atomic E-state index is 11.5. The van der Waals surface area contributed by atoms with Crippen molar-refractivity contribution in [3.63, 3.8) is 0 Å². The van der Waals surface area contributed by atoms with E-state index in [2.05, 4.69) is 29.6 Å². The molecule has 0 bridgehead atoms. The second-order valence-electron chi connectivity index (χ2n) is 7.28. The second kappa shape index (κ2) is 7.99. The van der Waals surface area contributed by atoms with Gasteiger partial charge in [-0.3, -0.25) is 0 Å². The number of alkyl carbamates (subject to hydrolysis) is 1. The predicted octanol–water partition coefficient (Wildman–Crippen LogP) is 2.37. The quantitative estimate of drug-likeness (QED) is 0.709. The van der Waals surface area contributed by atoms with Crippen molar-refractivity contribution >= 4 is 6.09 Å². The zero-order chi connectivity index (χ0) is 15.9. The molecule has 5 heteroatoms. The highest BCUT2D eigenvalue weighted by molar-refractivity contribution is 5.67. The molecule has 21 heavy (non-hydrogen) atoms. The summed E-state index contributed by atoms with van der Waals surface area (Å²) in [6.07, 6.45) is 5.82. The lowest BCUT2D eigenvalue weighted by Gasteiger charge is -2.36. The zero-order valence-electron chi connectivity index (χ0n) is 14.4. The Labute approximate surface area is 129 Å². The van der Waals surface area contributed by atoms with E-state index < -0.39 is 5.60 Å². The highest BCUT2D eigenvalue weighted by Crippen LogP contribution is 2.32. The minimum atomic E-state index is -0.428. The standard InChI is InChI=1S/C16H33N3O2/c1-15(2,3)21-14(20)18-12-8-11-17-13-16(19(4)5)9-6-7-10-16/h17H,6-13H2,1-5H3,(H,18,20). The fraction of sp³-hybridized carbons (Fsp3) is 0.938. The molecule has 1 fully saturated rings. The number of rotatable bonds is 7. The molecule has 1 aliphatic rings. The first-order valence-electron chi connectivity index (χ1n) is 8.10. The molecule has 0 saturated heterocycles. The van der Waals surface area contributed by atoms with Crippen molar-refractivity contribution < 1.29 is 9.53 Å². The van der Waals surface area contributed by atoms with Gasteiger partial charge in [0.05, 0.1) is 0 Å². The Morgan fingerprint density at radius 3 is 2.33 bits per heavy atom. The van der Waals surface area contributed by atoms with E-state index in [0.717, 1.165) is 19.5 Å². The number of amides is 1. The number of ether oxygens (including phenoxy) is 1. The average Bonchev–Trinajstić information content (AvgIpc) is 2.81. The van der Waals surface area contributed by atoms with Crippen LogP contribution in [0.3, 0.4) is 0 Å². The molecule has 1 rings (SSSR count). The Kier molecular flexibility index (Phi) is 6.94. The molecular formula is C16H33N3O2. The first-order valence-corrected chi connectivity index (χ1v) is 8.10. The minimum absolute atomic E-state index is 0.331. The van der Waals surface area contributed by atoms with E-state index in [1.54, 1.807) is 0 Å². The smallest absolute Gasteiger partial charge is 0.407 e. The number of hydrogen-bond acceptors (Lipinski definition) is 4. The van der Waals surface area contributed by atoms with Crippen LogP contribution in [0.5, 0.6) is 0 Å². The summed E-state index contributed by atoms with van der Waals surface area (Å²) in [5.41, 5.74) is -0.0957. The number of nitrogens with one attached hydrogen (secondary N) is 2. The van der Waals surface area contributed by atoms with Gasteiger partial charge in [-0.15, -0.1) is 0 Å². The van der Waals surface area contributed by atoms with Gasteiger partial charge in [0.25, 0.3) is 0 Å². The maximum Gasteiger partial charge on any atom is 0.407 e. The third-order valence-corrected chi connectivity index (χ3v) is 4.14. The molecule has 0 atom stereocenters. The van der Waals surface area contributed by atoms with Gasteiger partial charge in [0.1, 0.15) is 5.60 Å². The third-order valence-electron chi connectivity index (χ3n) is 4.14. The Hall–Kier alpha value is -0.810. The lowest BCUT2D eigenvalue weighted by Crippen LogP contribution is -2.49. The summed E-state index contributed by atoms with van der Waals surface area (Å²) in [7, 11) is 4.36. The molecule has 0 aromatic heterocycles. The van der Waals surface area contributed by atoms with E-state index in [1.165, 1.54) is 25.7 Å². The molecule has 0 aromatic rings. The van der Waals surface area contributed by atoms with Crippen molar-refractivity contribution in [2.75, 3.05) is 33.7 Å². The Morgan fingerprint density at radius 2 is 1.81 bits per heavy atom. The van der Waals surface area contributed by atoms with Gasteiger partial charge < -0.3 is 20.3 Å². The molecule has 5 nitrogen and oxygen atoms in total. The summed E-state index contributed by atoms with van der Waals surface area (Å²) in [6, 6.07) is 0. The summed E-state index contributed by atoms with van der Waals surface area (Å²) in [4.78, 5) is 13.8. The van der Waals surface area contributed by atoms with Gasteiger partial charge in [-0.05, 0) is 60.7 Å². The molecule has 0 aromatic carbocycles. The number of carbonyl (C=O) groups is 1. The molecule has 0 aliphatic heterocycles. The number of hydrogen-bond donors (Lipinski definition) is 2. The summed E-state index contributed by atoms with van der Waals surface area (Å²) in [5.74, 6) is 0. The number of carbonyl (C=O) groups excluding carboxylic acids is 1. The number of likely N-dealkylation sites (N-methyl/N-ethyl adjacent to an activating group) is 1. The normalized spacial score (nSPS) is 18.0. The summed E-state index contributed by atoms with van der Waals surface area (Å²) in [6.45, 7) is 8.22. The first-order chi connectivity index (χ1) is 9.75. The highest BCUT2D eigenvalue weighted by atomic mass is 16.6. The highest BCUT2D eigenvalue weighted by Gasteiger charge is 2.35. The summed E-state index contributed by atoms with van der Waals surface area (Å²) >= 11 is 0. The molecule has 0 radical (unpaired) electrons. The Morgan fingerprint density at radius 1 is 1.19 bits per heavy atom. The SMILES string of the molecule is CN(C)C1(CNCCCNC(=O)OC(C)(C)C)CCCC1. The largest absolute Gasteiger partial charge is 0.444 e. The lowest BCUT2D eigenvalue weighted by atomic mass is 9.96. The minimum Gasteiger partial charge on any atom is -0.444 e. The van der Waals surface area contributed by atoms with Gasteiger partial charge >= 0.3 is 6.09 Å². The van der Waals surface area contributed by atoms with E-state index in [4.69, 9.17) is 4.74 Å². The van der Waals surface area contributed by atoms with Crippen LogP contribution in [0.1, 0.15) is 52.9 Å². The van der Waals surface area contributed by atoms with Crippen LogP contribution in [0.25, 0.3) is 0 Å². The first kappa shape index (κ1) is 18.2. The molecule has 0 heterocycles. The molecule has 2 N–H and O–H groups in total. The van der Waals surface area contributed by atoms with Crippen molar-refractivity contribution in [2.45, 2.75) is 64.0 Å². The van der Waals surface area contributed by atoms with Crippen molar-refractivity contribution in [2.24, 2.45) is 0 Å². The zero-order valence-corrected chi connectivity index (χ0v) is 14.4. The van der Waals surface area contributed by atoms with Gasteiger partial charge in [0.2, 0.25) is 0 Å². The van der Waals surface area contributed by atoms with Crippen molar-refractivity contribution in [3.05, 3.63) is 0 Å². The van der Waals surface area contributed by atoms with E-state index in [0.29, 0.717) is 12.1 Å². The van der Waals surface area contributed by atoms with Crippen LogP contribution in [-0.4, -0.2) is 55.9 Å². The third kappa shape index (κ3) is 6.66. The molecular weight excluding hydrogens is 266 g/mol. The van der Waals surface area contributed by atoms with Crippen LogP contribution < -0.4 is 10.6 Å². The molecule has 1 amide bonds. The topological polar surface area (TPSA) is 53.6 Å². The molecule has 0 spiro atoms. The van der Waals surface area contributed by atoms with Gasteiger partial charge in [-0.1, -0.05) is 12.8 Å². The van der Waals surface area contributed by atoms with Crippen molar-refractivity contribution in [1.29, 1.82) is 0 Å². The average molecular weight is 299 g/mol. The van der Waals surface area contributed by atoms with Crippen LogP contribution in [-0.2, 0) is 4.74 Å². The molecule has 1 saturated carbocycles. The van der Waals surface area contributed by atoms with Crippen LogP contribution in [0.4, 0.5) is 4.79 Å². The van der Waals surface area contributed by atoms with Gasteiger partial charge in [-0.2, -0.15) is 0 Å². The van der Waals surface area contributed by atoms with Crippen molar-refractivity contribution in [1.82, 2.24) is 15.5 Å². The van der Waals surface area contributed by atoms with Gasteiger partial charge in [0, 0.05) is 18.6 Å².